The van der Waals surface area contributed by atoms with E-state index in [0.29, 0.717) is 24.5 Å². The molecule has 0 aliphatic carbocycles. The monoisotopic (exact) mass is 366 g/mol. The molecule has 3 aromatic rings. The molecular formula is C20H26N6O. The Morgan fingerprint density at radius 2 is 1.96 bits per heavy atom. The third kappa shape index (κ3) is 4.03. The summed E-state index contributed by atoms with van der Waals surface area (Å²) >= 11 is 0. The van der Waals surface area contributed by atoms with E-state index in [-0.39, 0.29) is 0 Å². The Morgan fingerprint density at radius 1 is 1.19 bits per heavy atom. The van der Waals surface area contributed by atoms with Crippen molar-refractivity contribution in [2.45, 2.75) is 45.2 Å². The van der Waals surface area contributed by atoms with Gasteiger partial charge >= 0.3 is 0 Å². The number of hydrogen-bond acceptors (Lipinski definition) is 6. The minimum absolute atomic E-state index is 0.327. The Labute approximate surface area is 159 Å². The standard InChI is InChI=1S/C20H26N6O/c1-14(2)17-13-22-19-18(21-12-15-6-4-3-5-7-15)24-20(25-26(17)19)23-16-8-10-27-11-9-16/h3-7,13-14,16H,8-12H2,1-2H3,(H2,21,23,24,25). The predicted octanol–water partition coefficient (Wildman–Crippen LogP) is 3.45. The summed E-state index contributed by atoms with van der Waals surface area (Å²) in [5, 5.41) is 11.6. The zero-order valence-corrected chi connectivity index (χ0v) is 15.9. The van der Waals surface area contributed by atoms with Crippen LogP contribution in [0.4, 0.5) is 11.8 Å². The Balaban J connectivity index is 1.64. The molecule has 0 amide bonds. The third-order valence-electron chi connectivity index (χ3n) is 4.84. The lowest BCUT2D eigenvalue weighted by atomic mass is 10.1. The van der Waals surface area contributed by atoms with Crippen LogP contribution in [-0.4, -0.2) is 38.8 Å². The van der Waals surface area contributed by atoms with Crippen molar-refractivity contribution in [3.8, 4) is 0 Å². The van der Waals surface area contributed by atoms with Gasteiger partial charge in [0.1, 0.15) is 0 Å². The molecule has 1 aliphatic rings. The minimum Gasteiger partial charge on any atom is -0.381 e. The van der Waals surface area contributed by atoms with E-state index in [1.807, 2.05) is 28.9 Å². The van der Waals surface area contributed by atoms with Crippen molar-refractivity contribution in [1.82, 2.24) is 19.6 Å². The lowest BCUT2D eigenvalue weighted by molar-refractivity contribution is 0.0903. The number of hydrogen-bond donors (Lipinski definition) is 2. The SMILES string of the molecule is CC(C)c1cnc2c(NCc3ccccc3)nc(NC3CCOCC3)nn12. The van der Waals surface area contributed by atoms with Crippen LogP contribution >= 0.6 is 0 Å². The molecule has 0 unspecified atom stereocenters. The van der Waals surface area contributed by atoms with Gasteiger partial charge in [-0.1, -0.05) is 44.2 Å². The first-order valence-electron chi connectivity index (χ1n) is 9.58. The summed E-state index contributed by atoms with van der Waals surface area (Å²) in [5.74, 6) is 1.70. The molecule has 4 rings (SSSR count). The van der Waals surface area contributed by atoms with Crippen LogP contribution in [-0.2, 0) is 11.3 Å². The van der Waals surface area contributed by atoms with Crippen molar-refractivity contribution in [3.05, 3.63) is 47.8 Å². The lowest BCUT2D eigenvalue weighted by Crippen LogP contribution is -2.29. The fourth-order valence-corrected chi connectivity index (χ4v) is 3.28. The molecule has 27 heavy (non-hydrogen) atoms. The molecule has 0 saturated carbocycles. The van der Waals surface area contributed by atoms with Crippen LogP contribution in [0.1, 0.15) is 43.9 Å². The van der Waals surface area contributed by atoms with E-state index in [9.17, 15) is 0 Å². The van der Waals surface area contributed by atoms with Crippen molar-refractivity contribution in [2.24, 2.45) is 0 Å². The largest absolute Gasteiger partial charge is 0.381 e. The molecular weight excluding hydrogens is 340 g/mol. The van der Waals surface area contributed by atoms with Gasteiger partial charge in [0.25, 0.3) is 0 Å². The molecule has 0 radical (unpaired) electrons. The topological polar surface area (TPSA) is 76.4 Å². The highest BCUT2D eigenvalue weighted by molar-refractivity contribution is 5.64. The number of aromatic nitrogens is 4. The molecule has 0 bridgehead atoms. The van der Waals surface area contributed by atoms with Gasteiger partial charge in [-0.25, -0.2) is 9.50 Å². The van der Waals surface area contributed by atoms with Crippen molar-refractivity contribution in [3.63, 3.8) is 0 Å². The Bertz CT molecular complexity index is 886. The van der Waals surface area contributed by atoms with Crippen molar-refractivity contribution in [2.75, 3.05) is 23.8 Å². The summed E-state index contributed by atoms with van der Waals surface area (Å²) in [6, 6.07) is 10.6. The number of nitrogens with zero attached hydrogens (tertiary/aromatic N) is 4. The van der Waals surface area contributed by atoms with Crippen LogP contribution < -0.4 is 10.6 Å². The molecule has 7 heteroatoms. The van der Waals surface area contributed by atoms with E-state index in [0.717, 1.165) is 43.2 Å². The van der Waals surface area contributed by atoms with Crippen LogP contribution in [0.3, 0.4) is 0 Å². The molecule has 142 valence electrons. The van der Waals surface area contributed by atoms with Crippen molar-refractivity contribution < 1.29 is 4.74 Å². The Kier molecular flexibility index (Phi) is 5.20. The average molecular weight is 366 g/mol. The molecule has 1 fully saturated rings. The number of imidazole rings is 1. The summed E-state index contributed by atoms with van der Waals surface area (Å²) < 4.78 is 7.36. The van der Waals surface area contributed by atoms with Gasteiger partial charge in [0.2, 0.25) is 5.95 Å². The zero-order chi connectivity index (χ0) is 18.6. The van der Waals surface area contributed by atoms with Crippen molar-refractivity contribution >= 4 is 17.4 Å². The maximum atomic E-state index is 5.45. The van der Waals surface area contributed by atoms with Crippen LogP contribution in [0.2, 0.25) is 0 Å². The molecule has 0 atom stereocenters. The molecule has 0 spiro atoms. The summed E-state index contributed by atoms with van der Waals surface area (Å²) in [6.45, 7) is 6.54. The normalized spacial score (nSPS) is 15.4. The van der Waals surface area contributed by atoms with Crippen LogP contribution in [0.25, 0.3) is 5.65 Å². The van der Waals surface area contributed by atoms with E-state index >= 15 is 0 Å². The second-order valence-electron chi connectivity index (χ2n) is 7.23. The molecule has 1 aliphatic heterocycles. The van der Waals surface area contributed by atoms with E-state index in [1.54, 1.807) is 0 Å². The van der Waals surface area contributed by atoms with E-state index in [4.69, 9.17) is 14.8 Å². The zero-order valence-electron chi connectivity index (χ0n) is 15.9. The molecule has 1 saturated heterocycles. The number of fused-ring (bicyclic) bond motifs is 1. The maximum Gasteiger partial charge on any atom is 0.243 e. The third-order valence-corrected chi connectivity index (χ3v) is 4.84. The van der Waals surface area contributed by atoms with E-state index < -0.39 is 0 Å². The smallest absolute Gasteiger partial charge is 0.243 e. The fourth-order valence-electron chi connectivity index (χ4n) is 3.28. The average Bonchev–Trinajstić information content (AvgIpc) is 3.12. The van der Waals surface area contributed by atoms with E-state index in [2.05, 4.69) is 41.6 Å². The highest BCUT2D eigenvalue weighted by Crippen LogP contribution is 2.22. The summed E-state index contributed by atoms with van der Waals surface area (Å²) in [6.07, 6.45) is 3.82. The number of ether oxygens (including phenoxy) is 1. The lowest BCUT2D eigenvalue weighted by Gasteiger charge is -2.23. The number of rotatable bonds is 6. The highest BCUT2D eigenvalue weighted by Gasteiger charge is 2.18. The molecule has 3 heterocycles. The van der Waals surface area contributed by atoms with Crippen molar-refractivity contribution in [1.29, 1.82) is 0 Å². The van der Waals surface area contributed by atoms with E-state index in [1.165, 1.54) is 5.56 Å². The first-order chi connectivity index (χ1) is 13.2. The quantitative estimate of drug-likeness (QED) is 0.696. The van der Waals surface area contributed by atoms with Gasteiger partial charge in [0.05, 0.1) is 11.9 Å². The summed E-state index contributed by atoms with van der Waals surface area (Å²) in [4.78, 5) is 9.29. The fraction of sp³-hybridized carbons (Fsp3) is 0.450. The minimum atomic E-state index is 0.327. The van der Waals surface area contributed by atoms with Crippen LogP contribution in [0, 0.1) is 0 Å². The number of benzene rings is 1. The summed E-state index contributed by atoms with van der Waals surface area (Å²) in [7, 11) is 0. The van der Waals surface area contributed by atoms with Gasteiger partial charge < -0.3 is 15.4 Å². The second-order valence-corrected chi connectivity index (χ2v) is 7.23. The van der Waals surface area contributed by atoms with Crippen LogP contribution in [0.15, 0.2) is 36.5 Å². The van der Waals surface area contributed by atoms with Crippen LogP contribution in [0.5, 0.6) is 0 Å². The Hall–Kier alpha value is -2.67. The molecule has 2 aromatic heterocycles. The van der Waals surface area contributed by atoms with Gasteiger partial charge in [0.15, 0.2) is 11.5 Å². The highest BCUT2D eigenvalue weighted by atomic mass is 16.5. The number of anilines is 2. The van der Waals surface area contributed by atoms with Gasteiger partial charge in [-0.15, -0.1) is 5.10 Å². The maximum absolute atomic E-state index is 5.45. The first kappa shape index (κ1) is 17.7. The van der Waals surface area contributed by atoms with Gasteiger partial charge in [-0.2, -0.15) is 4.98 Å². The Morgan fingerprint density at radius 3 is 2.70 bits per heavy atom. The molecule has 7 nitrogen and oxygen atoms in total. The molecule has 1 aromatic carbocycles. The van der Waals surface area contributed by atoms with Gasteiger partial charge in [-0.3, -0.25) is 0 Å². The predicted molar refractivity (Wildman–Crippen MR) is 106 cm³/mol. The second kappa shape index (κ2) is 7.92. The number of nitrogens with one attached hydrogen (secondary N) is 2. The van der Waals surface area contributed by atoms with Gasteiger partial charge in [0, 0.05) is 25.8 Å². The summed E-state index contributed by atoms with van der Waals surface area (Å²) in [5.41, 5.74) is 3.03. The van der Waals surface area contributed by atoms with Gasteiger partial charge in [-0.05, 0) is 24.3 Å². The first-order valence-corrected chi connectivity index (χ1v) is 9.58. The molecule has 2 N–H and O–H groups in total.